The fourth-order valence-corrected chi connectivity index (χ4v) is 4.67. The maximum Gasteiger partial charge on any atom is 0.405 e. The fourth-order valence-electron chi connectivity index (χ4n) is 4.67. The van der Waals surface area contributed by atoms with Crippen molar-refractivity contribution in [1.29, 1.82) is 0 Å². The number of aliphatic hydroxyl groups is 2. The van der Waals surface area contributed by atoms with Gasteiger partial charge in [0.15, 0.2) is 6.10 Å². The molecular formula is C28H40N2O9. The Kier molecular flexibility index (Phi) is 11.5. The predicted octanol–water partition coefficient (Wildman–Crippen LogP) is 3.05. The average Bonchev–Trinajstić information content (AvgIpc) is 2.86. The third-order valence-electron chi connectivity index (χ3n) is 6.79. The number of methoxy groups -OCH3 is 2. The van der Waals surface area contributed by atoms with E-state index in [1.807, 2.05) is 0 Å². The Morgan fingerprint density at radius 3 is 2.33 bits per heavy atom. The second-order valence-electron chi connectivity index (χ2n) is 9.87. The molecule has 2 rings (SSSR count). The van der Waals surface area contributed by atoms with E-state index in [9.17, 15) is 30.0 Å². The van der Waals surface area contributed by atoms with Crippen LogP contribution in [0.5, 0.6) is 11.5 Å². The number of nitrogens with two attached hydrogens (primary N) is 1. The number of allylic oxidation sites excluding steroid dienone is 2. The zero-order chi connectivity index (χ0) is 29.4. The molecule has 7 atom stereocenters. The second kappa shape index (κ2) is 14.1. The molecule has 1 aromatic rings. The van der Waals surface area contributed by atoms with E-state index in [-0.39, 0.29) is 34.7 Å². The van der Waals surface area contributed by atoms with Gasteiger partial charge in [-0.15, -0.1) is 0 Å². The van der Waals surface area contributed by atoms with E-state index in [1.165, 1.54) is 32.4 Å². The molecule has 0 saturated heterocycles. The molecule has 2 bridgehead atoms. The van der Waals surface area contributed by atoms with Crippen LogP contribution in [0.25, 0.3) is 0 Å². The Morgan fingerprint density at radius 1 is 1.08 bits per heavy atom. The summed E-state index contributed by atoms with van der Waals surface area (Å²) >= 11 is 0. The molecule has 2 amide bonds. The van der Waals surface area contributed by atoms with Crippen molar-refractivity contribution in [3.63, 3.8) is 0 Å². The summed E-state index contributed by atoms with van der Waals surface area (Å²) in [4.78, 5) is 24.5. The highest BCUT2D eigenvalue weighted by molar-refractivity contribution is 6.04. The molecule has 0 aliphatic carbocycles. The summed E-state index contributed by atoms with van der Waals surface area (Å²) in [5, 5.41) is 45.6. The van der Waals surface area contributed by atoms with E-state index >= 15 is 0 Å². The molecule has 1 aliphatic rings. The van der Waals surface area contributed by atoms with Crippen molar-refractivity contribution >= 4 is 17.7 Å². The molecule has 0 spiro atoms. The lowest BCUT2D eigenvalue weighted by Crippen LogP contribution is -2.36. The van der Waals surface area contributed by atoms with Crippen molar-refractivity contribution in [3.05, 3.63) is 53.1 Å². The molecule has 1 aliphatic heterocycles. The number of benzene rings is 1. The standard InChI is InChI=1S/C28H40N2O9/c1-14-8-7-9-22(37-5)26(39-28(29)36)16(3)10-15(2)23(33)21(32)11-17(4)25(38-6)19-12-18(31)13-20(24(19)34)30-27(14)35/h7-10,12-13,15,17,21-23,25-26,31-34H,11H2,1-6H3,(H2,29,36)(H,30,35)/b9-7-,14-8+,16-10+/t15-,17-,21-,22?,23+,25?,26-/m0/s1. The van der Waals surface area contributed by atoms with Crippen molar-refractivity contribution in [2.45, 2.75) is 64.6 Å². The largest absolute Gasteiger partial charge is 0.508 e. The van der Waals surface area contributed by atoms with Gasteiger partial charge in [0.05, 0.1) is 24.0 Å². The number of anilines is 1. The van der Waals surface area contributed by atoms with Gasteiger partial charge in [-0.25, -0.2) is 4.79 Å². The van der Waals surface area contributed by atoms with Gasteiger partial charge in [-0.1, -0.05) is 38.2 Å². The van der Waals surface area contributed by atoms with E-state index in [1.54, 1.807) is 45.9 Å². The number of hydrogen-bond donors (Lipinski definition) is 6. The lowest BCUT2D eigenvalue weighted by molar-refractivity contribution is -0.112. The van der Waals surface area contributed by atoms with Gasteiger partial charge in [-0.2, -0.15) is 0 Å². The first-order valence-electron chi connectivity index (χ1n) is 12.6. The third-order valence-corrected chi connectivity index (χ3v) is 6.79. The number of rotatable bonds is 3. The molecule has 0 saturated carbocycles. The first-order chi connectivity index (χ1) is 18.3. The van der Waals surface area contributed by atoms with Crippen molar-refractivity contribution < 1.29 is 44.2 Å². The number of primary amides is 1. The maximum absolute atomic E-state index is 12.8. The normalized spacial score (nSPS) is 32.7. The monoisotopic (exact) mass is 548 g/mol. The summed E-state index contributed by atoms with van der Waals surface area (Å²) in [6.07, 6.45) is 0.389. The van der Waals surface area contributed by atoms with Crippen LogP contribution in [0.2, 0.25) is 0 Å². The number of hydrogen-bond acceptors (Lipinski definition) is 9. The zero-order valence-electron chi connectivity index (χ0n) is 23.1. The minimum absolute atomic E-state index is 0.0300. The van der Waals surface area contributed by atoms with Crippen molar-refractivity contribution in [2.24, 2.45) is 17.6 Å². The summed E-state index contributed by atoms with van der Waals surface area (Å²) in [6.45, 7) is 6.70. The van der Waals surface area contributed by atoms with E-state index in [2.05, 4.69) is 5.32 Å². The van der Waals surface area contributed by atoms with E-state index < -0.39 is 54.4 Å². The van der Waals surface area contributed by atoms with Gasteiger partial charge in [-0.05, 0) is 37.8 Å². The number of fused-ring (bicyclic) bond motifs is 2. The summed E-state index contributed by atoms with van der Waals surface area (Å²) in [5.41, 5.74) is 6.26. The molecule has 0 radical (unpaired) electrons. The molecule has 39 heavy (non-hydrogen) atoms. The molecule has 0 fully saturated rings. The van der Waals surface area contributed by atoms with Gasteiger partial charge in [0.25, 0.3) is 5.91 Å². The van der Waals surface area contributed by atoms with E-state index in [4.69, 9.17) is 19.9 Å². The predicted molar refractivity (Wildman–Crippen MR) is 145 cm³/mol. The first kappa shape index (κ1) is 31.8. The molecule has 1 heterocycles. The van der Waals surface area contributed by atoms with Crippen molar-refractivity contribution in [1.82, 2.24) is 0 Å². The van der Waals surface area contributed by atoms with Crippen LogP contribution in [0.15, 0.2) is 47.6 Å². The summed E-state index contributed by atoms with van der Waals surface area (Å²) in [7, 11) is 2.83. The minimum atomic E-state index is -1.20. The molecule has 2 unspecified atom stereocenters. The highest BCUT2D eigenvalue weighted by Crippen LogP contribution is 2.41. The quantitative estimate of drug-likeness (QED) is 0.188. The minimum Gasteiger partial charge on any atom is -0.508 e. The molecule has 11 heteroatoms. The second-order valence-corrected chi connectivity index (χ2v) is 9.87. The number of aliphatic hydroxyl groups excluding tert-OH is 2. The molecule has 11 nitrogen and oxygen atoms in total. The topological polar surface area (TPSA) is 181 Å². The van der Waals surface area contributed by atoms with Crippen LogP contribution in [0.4, 0.5) is 10.5 Å². The smallest absolute Gasteiger partial charge is 0.405 e. The number of phenols is 2. The zero-order valence-corrected chi connectivity index (χ0v) is 23.1. The number of carbonyl (C=O) groups is 2. The van der Waals surface area contributed by atoms with Gasteiger partial charge in [0.1, 0.15) is 17.6 Å². The molecule has 1 aromatic carbocycles. The summed E-state index contributed by atoms with van der Waals surface area (Å²) in [6, 6.07) is 2.53. The Balaban J connectivity index is 2.63. The molecular weight excluding hydrogens is 508 g/mol. The van der Waals surface area contributed by atoms with Crippen molar-refractivity contribution in [3.8, 4) is 11.5 Å². The summed E-state index contributed by atoms with van der Waals surface area (Å²) < 4.78 is 16.4. The van der Waals surface area contributed by atoms with Crippen LogP contribution >= 0.6 is 0 Å². The Hall–Kier alpha value is -3.38. The van der Waals surface area contributed by atoms with Crippen LogP contribution < -0.4 is 11.1 Å². The SMILES string of the molecule is COC1c2cc(O)cc(c2O)NC(=O)/C(C)=C/C=C\C(OC)[C@@H](OC(N)=O)/C(C)=C/[C@H](C)[C@@H](O)[C@@H](O)C[C@@H]1C. The lowest BCUT2D eigenvalue weighted by Gasteiger charge is -2.30. The number of ether oxygens (including phenoxy) is 3. The van der Waals surface area contributed by atoms with E-state index in [0.29, 0.717) is 5.57 Å². The van der Waals surface area contributed by atoms with Gasteiger partial charge in [0, 0.05) is 37.3 Å². The molecule has 0 aromatic heterocycles. The average molecular weight is 549 g/mol. The molecule has 7 N–H and O–H groups in total. The fraction of sp³-hybridized carbons (Fsp3) is 0.500. The van der Waals surface area contributed by atoms with Gasteiger partial charge >= 0.3 is 6.09 Å². The van der Waals surface area contributed by atoms with Crippen LogP contribution in [-0.2, 0) is 19.0 Å². The Bertz CT molecular complexity index is 1110. The third kappa shape index (κ3) is 8.30. The Labute approximate surface area is 228 Å². The van der Waals surface area contributed by atoms with E-state index in [0.717, 1.165) is 0 Å². The first-order valence-corrected chi connectivity index (χ1v) is 12.6. The number of carbonyl (C=O) groups excluding carboxylic acids is 2. The number of amides is 2. The lowest BCUT2D eigenvalue weighted by atomic mass is 9.86. The maximum atomic E-state index is 12.8. The Morgan fingerprint density at radius 2 is 1.74 bits per heavy atom. The number of phenolic OH excluding ortho intramolecular Hbond substituents is 2. The van der Waals surface area contributed by atoms with Gasteiger partial charge in [-0.3, -0.25) is 4.79 Å². The molecule has 216 valence electrons. The van der Waals surface area contributed by atoms with Crippen LogP contribution in [-0.4, -0.2) is 71.1 Å². The summed E-state index contributed by atoms with van der Waals surface area (Å²) in [5.74, 6) is -2.06. The van der Waals surface area contributed by atoms with Crippen LogP contribution in [0, 0.1) is 11.8 Å². The number of aromatic hydroxyl groups is 2. The van der Waals surface area contributed by atoms with Gasteiger partial charge < -0.3 is 45.7 Å². The van der Waals surface area contributed by atoms with Crippen LogP contribution in [0.3, 0.4) is 0 Å². The number of nitrogens with one attached hydrogen (secondary N) is 1. The van der Waals surface area contributed by atoms with Gasteiger partial charge in [0.2, 0.25) is 0 Å². The highest BCUT2D eigenvalue weighted by atomic mass is 16.6. The van der Waals surface area contributed by atoms with Crippen molar-refractivity contribution in [2.75, 3.05) is 19.5 Å². The van der Waals surface area contributed by atoms with Crippen LogP contribution in [0.1, 0.15) is 45.8 Å². The highest BCUT2D eigenvalue weighted by Gasteiger charge is 2.31.